The molecule has 1 unspecified atom stereocenters. The number of hydrogen-bond acceptors (Lipinski definition) is 22. The minimum absolute atomic E-state index is 0.0111. The van der Waals surface area contributed by atoms with Gasteiger partial charge >= 0.3 is 5.97 Å². The number of fused-ring (bicyclic) bond motifs is 14. The molecule has 10 rings (SSSR count). The van der Waals surface area contributed by atoms with Gasteiger partial charge in [-0.2, -0.15) is 0 Å². The molecule has 6 aromatic heterocycles. The number of carboxylic acid groups (broad SMARTS) is 1. The number of anilines is 1. The zero-order chi connectivity index (χ0) is 57.1. The van der Waals surface area contributed by atoms with Crippen LogP contribution < -0.4 is 31.9 Å². The highest BCUT2D eigenvalue weighted by atomic mass is 32.2. The summed E-state index contributed by atoms with van der Waals surface area (Å²) in [7, 11) is 4.54. The molecule has 29 heteroatoms. The molecule has 0 radical (unpaired) electrons. The van der Waals surface area contributed by atoms with Crippen molar-refractivity contribution in [2.45, 2.75) is 62.7 Å². The van der Waals surface area contributed by atoms with E-state index >= 15 is 0 Å². The summed E-state index contributed by atoms with van der Waals surface area (Å²) in [6, 6.07) is 10.2. The highest BCUT2D eigenvalue weighted by molar-refractivity contribution is 8.03. The Morgan fingerprint density at radius 1 is 0.753 bits per heavy atom. The van der Waals surface area contributed by atoms with Crippen LogP contribution in [0.2, 0.25) is 0 Å². The van der Waals surface area contributed by atoms with Crippen molar-refractivity contribution in [3.8, 4) is 43.4 Å². The number of methoxy groups -OCH3 is 1. The van der Waals surface area contributed by atoms with Gasteiger partial charge in [-0.1, -0.05) is 42.1 Å². The van der Waals surface area contributed by atoms with Gasteiger partial charge in [0.05, 0.1) is 37.2 Å². The first-order chi connectivity index (χ1) is 39.0. The van der Waals surface area contributed by atoms with Gasteiger partial charge in [-0.3, -0.25) is 33.6 Å². The van der Waals surface area contributed by atoms with E-state index in [0.29, 0.717) is 95.2 Å². The molecule has 1 aliphatic carbocycles. The number of aliphatic hydroxyl groups excluding tert-OH is 1. The molecule has 81 heavy (non-hydrogen) atoms. The summed E-state index contributed by atoms with van der Waals surface area (Å²) in [4.78, 5) is 126. The number of hydrogen-bond donors (Lipinski definition) is 8. The van der Waals surface area contributed by atoms with Gasteiger partial charge in [0.1, 0.15) is 77.2 Å². The summed E-state index contributed by atoms with van der Waals surface area (Å²) >= 11 is 7.18. The van der Waals surface area contributed by atoms with Crippen LogP contribution in [0.15, 0.2) is 74.6 Å². The van der Waals surface area contributed by atoms with Gasteiger partial charge in [0.2, 0.25) is 17.7 Å². The number of nitrogens with one attached hydrogen (secondary N) is 6. The Morgan fingerprint density at radius 2 is 1.46 bits per heavy atom. The lowest BCUT2D eigenvalue weighted by molar-refractivity contribution is -0.143. The van der Waals surface area contributed by atoms with Crippen molar-refractivity contribution < 1.29 is 48.5 Å². The minimum atomic E-state index is -1.27. The number of aryl methyl sites for hydroxylation is 1. The van der Waals surface area contributed by atoms with Crippen molar-refractivity contribution in [3.05, 3.63) is 106 Å². The first kappa shape index (κ1) is 56.9. The maximum atomic E-state index is 14.2. The molecule has 10 bridgehead atoms. The van der Waals surface area contributed by atoms with Crippen LogP contribution in [0.4, 0.5) is 5.82 Å². The number of pyridine rings is 1. The average Bonchev–Trinajstić information content (AvgIpc) is 4.43. The zero-order valence-corrected chi connectivity index (χ0v) is 48.4. The maximum absolute atomic E-state index is 14.2. The van der Waals surface area contributed by atoms with Crippen molar-refractivity contribution in [3.63, 3.8) is 0 Å². The van der Waals surface area contributed by atoms with E-state index in [9.17, 15) is 43.8 Å². The molecule has 0 spiro atoms. The molecule has 3 aliphatic rings. The van der Waals surface area contributed by atoms with Crippen LogP contribution >= 0.6 is 68.4 Å². The molecule has 1 aromatic carbocycles. The number of aliphatic carboxylic acids is 1. The Labute approximate surface area is 486 Å². The Bertz CT molecular complexity index is 3590. The van der Waals surface area contributed by atoms with Crippen LogP contribution in [0.25, 0.3) is 43.4 Å². The molecule has 8 N–H and O–H groups in total. The number of benzene rings is 1. The van der Waals surface area contributed by atoms with Gasteiger partial charge in [0, 0.05) is 64.0 Å². The SMILES string of the molecule is CNC(=O)C[C@@H]1NC(=O)c2csc(n2)-c2ccc(-c3nc(NC(=O)C4CCC(C(=O)O)CC4)cs3)nc2-c2csc(n2)-c2csc(n2)[C@H]([C@@H](O)c2ccccc2)NC(=O)CNC(=O)C2=C(COC)SC(NC(=O)c3nc1sc3C)N2C. The number of likely N-dealkylation sites (N-methyl/N-ethyl adjacent to an activating group) is 1. The third-order valence-corrected chi connectivity index (χ3v) is 19.4. The first-order valence-corrected chi connectivity index (χ1v) is 30.4. The van der Waals surface area contributed by atoms with Crippen LogP contribution in [0.3, 0.4) is 0 Å². The van der Waals surface area contributed by atoms with E-state index < -0.39 is 71.7 Å². The van der Waals surface area contributed by atoms with E-state index in [0.717, 1.165) is 11.3 Å². The molecule has 23 nitrogen and oxygen atoms in total. The second kappa shape index (κ2) is 24.8. The number of carbonyl (C=O) groups is 7. The predicted molar refractivity (Wildman–Crippen MR) is 307 cm³/mol. The summed E-state index contributed by atoms with van der Waals surface area (Å²) in [5.74, 6) is -4.45. The predicted octanol–water partition coefficient (Wildman–Crippen LogP) is 6.35. The second-order valence-corrected chi connectivity index (χ2v) is 24.7. The van der Waals surface area contributed by atoms with Crippen LogP contribution in [0, 0.1) is 18.8 Å². The Morgan fingerprint density at radius 3 is 2.21 bits per heavy atom. The van der Waals surface area contributed by atoms with E-state index in [2.05, 4.69) is 36.9 Å². The third-order valence-electron chi connectivity index (χ3n) is 13.5. The lowest BCUT2D eigenvalue weighted by atomic mass is 9.81. The fraction of sp³-hybridized carbons (Fsp3) is 0.327. The van der Waals surface area contributed by atoms with E-state index in [1.54, 1.807) is 82.9 Å². The normalized spacial score (nSPS) is 20.2. The number of aromatic nitrogens is 6. The average molecular weight is 1210 g/mol. The van der Waals surface area contributed by atoms with Gasteiger partial charge in [0.15, 0.2) is 5.50 Å². The summed E-state index contributed by atoms with van der Waals surface area (Å²) in [5, 5.41) is 47.0. The Balaban J connectivity index is 1.02. The topological polar surface area (TPSA) is 322 Å². The van der Waals surface area contributed by atoms with Gasteiger partial charge in [0.25, 0.3) is 17.7 Å². The van der Waals surface area contributed by atoms with Gasteiger partial charge in [-0.25, -0.2) is 29.9 Å². The van der Waals surface area contributed by atoms with Crippen molar-refractivity contribution in [2.75, 3.05) is 39.7 Å². The van der Waals surface area contributed by atoms with Crippen LogP contribution in [-0.2, 0) is 28.7 Å². The molecular weight excluding hydrogens is 1160 g/mol. The minimum Gasteiger partial charge on any atom is -0.481 e. The molecule has 2 aliphatic heterocycles. The number of thioether (sulfide) groups is 1. The van der Waals surface area contributed by atoms with Crippen LogP contribution in [-0.4, -0.2) is 126 Å². The number of amides is 6. The lowest BCUT2D eigenvalue weighted by Gasteiger charge is -2.25. The summed E-state index contributed by atoms with van der Waals surface area (Å²) in [6.45, 7) is 1.20. The fourth-order valence-corrected chi connectivity index (χ4v) is 14.7. The van der Waals surface area contributed by atoms with Crippen molar-refractivity contribution >= 4 is 116 Å². The van der Waals surface area contributed by atoms with Crippen molar-refractivity contribution in [2.24, 2.45) is 11.8 Å². The van der Waals surface area contributed by atoms with Gasteiger partial charge < -0.3 is 51.8 Å². The number of thiazole rings is 5. The number of nitrogens with zero attached hydrogens (tertiary/aromatic N) is 7. The molecule has 0 saturated heterocycles. The van der Waals surface area contributed by atoms with Gasteiger partial charge in [-0.05, 0) is 50.3 Å². The van der Waals surface area contributed by atoms with Crippen molar-refractivity contribution in [1.29, 1.82) is 0 Å². The number of rotatable bonds is 10. The van der Waals surface area contributed by atoms with Crippen molar-refractivity contribution in [1.82, 2.24) is 61.4 Å². The fourth-order valence-electron chi connectivity index (χ4n) is 9.25. The Hall–Kier alpha value is -7.38. The number of carbonyl (C=O) groups excluding carboxylic acids is 6. The molecular formula is C52H51N13O10S6. The monoisotopic (exact) mass is 1210 g/mol. The summed E-state index contributed by atoms with van der Waals surface area (Å²) < 4.78 is 5.43. The second-order valence-electron chi connectivity index (χ2n) is 18.9. The molecule has 4 atom stereocenters. The third kappa shape index (κ3) is 12.6. The van der Waals surface area contributed by atoms with Crippen LogP contribution in [0.1, 0.15) is 91.7 Å². The highest BCUT2D eigenvalue weighted by Crippen LogP contribution is 2.41. The summed E-state index contributed by atoms with van der Waals surface area (Å²) in [6.07, 6.45) is 0.250. The van der Waals surface area contributed by atoms with Gasteiger partial charge in [-0.15, -0.1) is 56.7 Å². The zero-order valence-electron chi connectivity index (χ0n) is 43.5. The molecule has 1 fully saturated rings. The number of carboxylic acids is 1. The van der Waals surface area contributed by atoms with E-state index in [1.165, 1.54) is 71.3 Å². The maximum Gasteiger partial charge on any atom is 0.306 e. The molecule has 8 heterocycles. The van der Waals surface area contributed by atoms with Crippen LogP contribution in [0.5, 0.6) is 0 Å². The van der Waals surface area contributed by atoms with E-state index in [-0.39, 0.29) is 46.9 Å². The largest absolute Gasteiger partial charge is 0.481 e. The quantitative estimate of drug-likeness (QED) is 0.0740. The molecule has 7 aromatic rings. The lowest BCUT2D eigenvalue weighted by Crippen LogP contribution is -2.45. The number of aliphatic hydroxyl groups is 1. The summed E-state index contributed by atoms with van der Waals surface area (Å²) in [5.41, 5.74) is 2.05. The smallest absolute Gasteiger partial charge is 0.306 e. The Kier molecular flexibility index (Phi) is 17.4. The standard InChI is InChI=1S/C52H51N13O10S6/c1-23-37-44(71)64-52-65(3)40(33(81-52)18-75-4)45(72)54-17-36(67)62-39(41(68)24-8-6-5-7-9-24)50-59-32(21-78-50)48-57-30(19-77-48)38-27(46-58-31(20-76-46)43(70)56-29(16-35(66)53-2)49(63-37)80-23)14-15-28(55-38)47-61-34(22-79-47)60-42(69)25-10-12-26(13-11-25)51(73)74/h5-9,14-15,19-22,25-26,29,39,41,52,68H,10-13,16-18H2,1-4H3,(H,53,66)(H,54,72)(H,56,70)(H,60,69)(H,62,67)(H,64,71)(H,73,74)/t25?,26?,29-,39-,41-,52?/m0/s1. The molecule has 420 valence electrons. The van der Waals surface area contributed by atoms with E-state index in [4.69, 9.17) is 29.7 Å². The highest BCUT2D eigenvalue weighted by Gasteiger charge is 2.37. The van der Waals surface area contributed by atoms with E-state index in [1.807, 2.05) is 0 Å². The number of ether oxygens (including phenoxy) is 1. The molecule has 6 amide bonds. The molecule has 1 saturated carbocycles. The first-order valence-electron chi connectivity index (χ1n) is 25.2.